The maximum atomic E-state index is 12.9. The largest absolute Gasteiger partial charge is 0.493 e. The molecule has 0 spiro atoms. The average Bonchev–Trinajstić information content (AvgIpc) is 2.80. The predicted octanol–water partition coefficient (Wildman–Crippen LogP) is 3.88. The molecule has 0 bridgehead atoms. The van der Waals surface area contributed by atoms with Gasteiger partial charge in [0.25, 0.3) is 11.5 Å². The minimum Gasteiger partial charge on any atom is -0.493 e. The van der Waals surface area contributed by atoms with Gasteiger partial charge in [0.1, 0.15) is 5.82 Å². The standard InChI is InChI=1S/C23H21Cl2N3O4/c1-31-19-6-3-13(9-20(19)32-2)10-21-26-18-7-8-28(12-15(18)22(29)27-21)23(30)14-4-5-16(24)17(25)11-14/h3-6,9,11H,7-8,10,12H2,1-2H3,(H,26,27,29). The molecule has 2 aromatic carbocycles. The predicted molar refractivity (Wildman–Crippen MR) is 122 cm³/mol. The summed E-state index contributed by atoms with van der Waals surface area (Å²) in [5, 5.41) is 0.698. The number of fused-ring (bicyclic) bond motifs is 1. The van der Waals surface area contributed by atoms with Gasteiger partial charge in [-0.3, -0.25) is 9.59 Å². The molecule has 1 aliphatic rings. The first-order valence-electron chi connectivity index (χ1n) is 9.95. The number of carbonyl (C=O) groups is 1. The zero-order valence-corrected chi connectivity index (χ0v) is 19.1. The fourth-order valence-electron chi connectivity index (χ4n) is 3.73. The van der Waals surface area contributed by atoms with Crippen LogP contribution in [0.15, 0.2) is 41.2 Å². The van der Waals surface area contributed by atoms with Crippen LogP contribution in [0.25, 0.3) is 0 Å². The Kier molecular flexibility index (Phi) is 6.39. The lowest BCUT2D eigenvalue weighted by Gasteiger charge is -2.28. The normalized spacial score (nSPS) is 12.9. The Morgan fingerprint density at radius 2 is 1.88 bits per heavy atom. The maximum Gasteiger partial charge on any atom is 0.256 e. The van der Waals surface area contributed by atoms with Gasteiger partial charge in [-0.15, -0.1) is 0 Å². The third-order valence-corrected chi connectivity index (χ3v) is 6.13. The van der Waals surface area contributed by atoms with Crippen molar-refractivity contribution in [2.24, 2.45) is 0 Å². The molecular weight excluding hydrogens is 453 g/mol. The van der Waals surface area contributed by atoms with Crippen molar-refractivity contribution in [2.45, 2.75) is 19.4 Å². The third-order valence-electron chi connectivity index (χ3n) is 5.39. The molecule has 9 heteroatoms. The first kappa shape index (κ1) is 22.2. The lowest BCUT2D eigenvalue weighted by atomic mass is 10.0. The molecule has 0 saturated carbocycles. The third kappa shape index (κ3) is 4.45. The number of nitrogens with one attached hydrogen (secondary N) is 1. The summed E-state index contributed by atoms with van der Waals surface area (Å²) in [6.45, 7) is 0.645. The highest BCUT2D eigenvalue weighted by molar-refractivity contribution is 6.42. The number of nitrogens with zero attached hydrogens (tertiary/aromatic N) is 2. The summed E-state index contributed by atoms with van der Waals surface area (Å²) in [6.07, 6.45) is 0.931. The van der Waals surface area contributed by atoms with E-state index in [1.54, 1.807) is 31.3 Å². The lowest BCUT2D eigenvalue weighted by Crippen LogP contribution is -2.39. The molecule has 166 valence electrons. The number of halogens is 2. The molecule has 1 aromatic heterocycles. The van der Waals surface area contributed by atoms with E-state index in [1.165, 1.54) is 6.07 Å². The molecule has 1 aliphatic heterocycles. The van der Waals surface area contributed by atoms with E-state index in [0.29, 0.717) is 63.6 Å². The van der Waals surface area contributed by atoms with Gasteiger partial charge in [-0.25, -0.2) is 4.98 Å². The van der Waals surface area contributed by atoms with E-state index in [9.17, 15) is 9.59 Å². The lowest BCUT2D eigenvalue weighted by molar-refractivity contribution is 0.0732. The van der Waals surface area contributed by atoms with Crippen molar-refractivity contribution in [1.29, 1.82) is 0 Å². The number of amides is 1. The second kappa shape index (κ2) is 9.22. The van der Waals surface area contributed by atoms with E-state index in [4.69, 9.17) is 32.7 Å². The highest BCUT2D eigenvalue weighted by Gasteiger charge is 2.25. The quantitative estimate of drug-likeness (QED) is 0.607. The van der Waals surface area contributed by atoms with Crippen LogP contribution in [-0.2, 0) is 19.4 Å². The van der Waals surface area contributed by atoms with Crippen molar-refractivity contribution in [2.75, 3.05) is 20.8 Å². The molecule has 3 aromatic rings. The van der Waals surface area contributed by atoms with Gasteiger partial charge >= 0.3 is 0 Å². The van der Waals surface area contributed by atoms with E-state index in [0.717, 1.165) is 5.56 Å². The van der Waals surface area contributed by atoms with E-state index in [-0.39, 0.29) is 18.0 Å². The number of hydrogen-bond acceptors (Lipinski definition) is 5. The Balaban J connectivity index is 1.54. The molecule has 0 atom stereocenters. The van der Waals surface area contributed by atoms with Gasteiger partial charge in [0, 0.05) is 24.9 Å². The van der Waals surface area contributed by atoms with Crippen molar-refractivity contribution < 1.29 is 14.3 Å². The Bertz CT molecular complexity index is 1240. The molecule has 0 fully saturated rings. The highest BCUT2D eigenvalue weighted by Crippen LogP contribution is 2.28. The van der Waals surface area contributed by atoms with Crippen molar-refractivity contribution in [3.8, 4) is 11.5 Å². The summed E-state index contributed by atoms with van der Waals surface area (Å²) >= 11 is 12.0. The number of hydrogen-bond donors (Lipinski definition) is 1. The van der Waals surface area contributed by atoms with Crippen molar-refractivity contribution >= 4 is 29.1 Å². The van der Waals surface area contributed by atoms with Gasteiger partial charge in [-0.05, 0) is 35.9 Å². The minimum absolute atomic E-state index is 0.188. The van der Waals surface area contributed by atoms with Crippen LogP contribution in [-0.4, -0.2) is 41.5 Å². The number of ether oxygens (including phenoxy) is 2. The van der Waals surface area contributed by atoms with Crippen LogP contribution in [0.3, 0.4) is 0 Å². The zero-order valence-electron chi connectivity index (χ0n) is 17.6. The number of H-pyrrole nitrogens is 1. The molecule has 0 radical (unpaired) electrons. The summed E-state index contributed by atoms with van der Waals surface area (Å²) in [4.78, 5) is 34.8. The average molecular weight is 474 g/mol. The number of aromatic amines is 1. The van der Waals surface area contributed by atoms with Crippen molar-refractivity contribution in [3.63, 3.8) is 0 Å². The summed E-state index contributed by atoms with van der Waals surface area (Å²) in [5.41, 5.74) is 2.33. The summed E-state index contributed by atoms with van der Waals surface area (Å²) in [6, 6.07) is 10.3. The van der Waals surface area contributed by atoms with Crippen LogP contribution < -0.4 is 15.0 Å². The number of aromatic nitrogens is 2. The molecule has 1 N–H and O–H groups in total. The van der Waals surface area contributed by atoms with Crippen molar-refractivity contribution in [1.82, 2.24) is 14.9 Å². The van der Waals surface area contributed by atoms with Crippen LogP contribution in [0, 0.1) is 0 Å². The smallest absolute Gasteiger partial charge is 0.256 e. The molecule has 0 aliphatic carbocycles. The number of benzene rings is 2. The molecular formula is C23H21Cl2N3O4. The topological polar surface area (TPSA) is 84.5 Å². The van der Waals surface area contributed by atoms with Crippen LogP contribution in [0.4, 0.5) is 0 Å². The SMILES string of the molecule is COc1ccc(Cc2nc3c(c(=O)[nH]2)CN(C(=O)c2ccc(Cl)c(Cl)c2)CC3)cc1OC. The Morgan fingerprint density at radius 3 is 2.59 bits per heavy atom. The summed E-state index contributed by atoms with van der Waals surface area (Å²) in [5.74, 6) is 1.60. The highest BCUT2D eigenvalue weighted by atomic mass is 35.5. The van der Waals surface area contributed by atoms with Gasteiger partial charge < -0.3 is 19.4 Å². The zero-order chi connectivity index (χ0) is 22.8. The second-order valence-electron chi connectivity index (χ2n) is 7.41. The molecule has 4 rings (SSSR count). The first-order valence-corrected chi connectivity index (χ1v) is 10.7. The van der Waals surface area contributed by atoms with E-state index < -0.39 is 0 Å². The molecule has 0 saturated heterocycles. The minimum atomic E-state index is -0.239. The van der Waals surface area contributed by atoms with Crippen LogP contribution in [0.2, 0.25) is 10.0 Å². The Labute approximate surface area is 194 Å². The van der Waals surface area contributed by atoms with Crippen molar-refractivity contribution in [3.05, 3.63) is 85.0 Å². The summed E-state index contributed by atoms with van der Waals surface area (Å²) in [7, 11) is 3.15. The van der Waals surface area contributed by atoms with Crippen LogP contribution in [0.1, 0.15) is 33.0 Å². The second-order valence-corrected chi connectivity index (χ2v) is 8.22. The number of methoxy groups -OCH3 is 2. The number of carbonyl (C=O) groups excluding carboxylic acids is 1. The van der Waals surface area contributed by atoms with E-state index >= 15 is 0 Å². The van der Waals surface area contributed by atoms with Gasteiger partial charge in [0.2, 0.25) is 0 Å². The fraction of sp³-hybridized carbons (Fsp3) is 0.261. The Morgan fingerprint density at radius 1 is 1.09 bits per heavy atom. The summed E-state index contributed by atoms with van der Waals surface area (Å²) < 4.78 is 10.6. The van der Waals surface area contributed by atoms with Gasteiger partial charge in [-0.1, -0.05) is 29.3 Å². The van der Waals surface area contributed by atoms with Gasteiger partial charge in [0.15, 0.2) is 11.5 Å². The molecule has 32 heavy (non-hydrogen) atoms. The molecule has 7 nitrogen and oxygen atoms in total. The van der Waals surface area contributed by atoms with Gasteiger partial charge in [-0.2, -0.15) is 0 Å². The number of rotatable bonds is 5. The maximum absolute atomic E-state index is 12.9. The van der Waals surface area contributed by atoms with E-state index in [2.05, 4.69) is 9.97 Å². The van der Waals surface area contributed by atoms with Crippen LogP contribution >= 0.6 is 23.2 Å². The first-order chi connectivity index (χ1) is 15.4. The molecule has 0 unspecified atom stereocenters. The Hall–Kier alpha value is -3.03. The van der Waals surface area contributed by atoms with E-state index in [1.807, 2.05) is 18.2 Å². The van der Waals surface area contributed by atoms with Crippen LogP contribution in [0.5, 0.6) is 11.5 Å². The van der Waals surface area contributed by atoms with Gasteiger partial charge in [0.05, 0.1) is 42.1 Å². The molecule has 2 heterocycles. The monoisotopic (exact) mass is 473 g/mol. The fourth-order valence-corrected chi connectivity index (χ4v) is 4.03. The molecule has 1 amide bonds.